The Hall–Kier alpha value is -1.36. The van der Waals surface area contributed by atoms with Crippen molar-refractivity contribution < 1.29 is 0 Å². The molecule has 1 N–H and O–H groups in total. The summed E-state index contributed by atoms with van der Waals surface area (Å²) < 4.78 is 1.56. The van der Waals surface area contributed by atoms with Crippen LogP contribution in [0.3, 0.4) is 0 Å². The molecule has 1 aliphatic heterocycles. The Morgan fingerprint density at radius 1 is 1.59 bits per heavy atom. The molecule has 2 heterocycles. The molecule has 1 aromatic rings. The van der Waals surface area contributed by atoms with Gasteiger partial charge in [-0.05, 0) is 19.4 Å². The molecule has 0 spiro atoms. The predicted octanol–water partition coefficient (Wildman–Crippen LogP) is 0.359. The molecule has 94 valence electrons. The lowest BCUT2D eigenvalue weighted by Gasteiger charge is -2.28. The minimum Gasteiger partial charge on any atom is -0.354 e. The van der Waals surface area contributed by atoms with Crippen LogP contribution in [0, 0.1) is 0 Å². The van der Waals surface area contributed by atoms with Crippen LogP contribution in [0.25, 0.3) is 0 Å². The largest absolute Gasteiger partial charge is 0.354 e. The molecule has 17 heavy (non-hydrogen) atoms. The topological polar surface area (TPSA) is 50.2 Å². The summed E-state index contributed by atoms with van der Waals surface area (Å²) in [6.45, 7) is 1.92. The Kier molecular flexibility index (Phi) is 3.78. The molecular weight excluding hydrogens is 216 g/mol. The summed E-state index contributed by atoms with van der Waals surface area (Å²) in [4.78, 5) is 18.0. The van der Waals surface area contributed by atoms with Crippen molar-refractivity contribution in [3.63, 3.8) is 0 Å². The van der Waals surface area contributed by atoms with Gasteiger partial charge in [0.25, 0.3) is 5.56 Å². The maximum Gasteiger partial charge on any atom is 0.293 e. The number of piperidine rings is 1. The molecule has 0 aromatic carbocycles. The number of nitrogens with one attached hydrogen (secondary N) is 1. The fourth-order valence-electron chi connectivity index (χ4n) is 2.24. The maximum absolute atomic E-state index is 11.9. The third-order valence-corrected chi connectivity index (χ3v) is 3.27. The van der Waals surface area contributed by atoms with E-state index in [9.17, 15) is 4.79 Å². The Bertz CT molecular complexity index is 423. The Morgan fingerprint density at radius 2 is 2.41 bits per heavy atom. The molecule has 5 heteroatoms. The Balaban J connectivity index is 2.06. The molecule has 0 aliphatic carbocycles. The zero-order valence-electron chi connectivity index (χ0n) is 10.5. The molecule has 0 radical (unpaired) electrons. The van der Waals surface area contributed by atoms with Gasteiger partial charge in [0.2, 0.25) is 0 Å². The summed E-state index contributed by atoms with van der Waals surface area (Å²) in [6.07, 6.45) is 7.05. The normalized spacial score (nSPS) is 20.2. The van der Waals surface area contributed by atoms with E-state index in [4.69, 9.17) is 0 Å². The molecule has 0 bridgehead atoms. The van der Waals surface area contributed by atoms with Crippen molar-refractivity contribution >= 4 is 5.82 Å². The predicted molar refractivity (Wildman–Crippen MR) is 68.4 cm³/mol. The fourth-order valence-corrected chi connectivity index (χ4v) is 2.24. The van der Waals surface area contributed by atoms with Crippen molar-refractivity contribution in [2.45, 2.75) is 25.3 Å². The van der Waals surface area contributed by atoms with Crippen LogP contribution < -0.4 is 15.8 Å². The van der Waals surface area contributed by atoms with E-state index in [1.165, 1.54) is 19.3 Å². The number of hydrogen-bond donors (Lipinski definition) is 1. The van der Waals surface area contributed by atoms with E-state index in [-0.39, 0.29) is 5.56 Å². The van der Waals surface area contributed by atoms with Crippen LogP contribution in [0.4, 0.5) is 5.82 Å². The van der Waals surface area contributed by atoms with Gasteiger partial charge in [-0.1, -0.05) is 6.42 Å². The highest BCUT2D eigenvalue weighted by Crippen LogP contribution is 2.09. The molecule has 1 saturated heterocycles. The van der Waals surface area contributed by atoms with Crippen LogP contribution in [0.2, 0.25) is 0 Å². The average Bonchev–Trinajstić information content (AvgIpc) is 2.34. The monoisotopic (exact) mass is 236 g/mol. The lowest BCUT2D eigenvalue weighted by molar-refractivity contribution is 0.402. The number of rotatable bonds is 3. The first kappa shape index (κ1) is 12.1. The van der Waals surface area contributed by atoms with Gasteiger partial charge < -0.3 is 14.8 Å². The van der Waals surface area contributed by atoms with E-state index in [1.807, 2.05) is 11.9 Å². The molecule has 2 rings (SSSR count). The summed E-state index contributed by atoms with van der Waals surface area (Å²) in [6, 6.07) is 0.473. The third kappa shape index (κ3) is 2.85. The molecular formula is C12H20N4O. The van der Waals surface area contributed by atoms with Crippen molar-refractivity contribution in [2.75, 3.05) is 25.0 Å². The zero-order valence-corrected chi connectivity index (χ0v) is 10.5. The van der Waals surface area contributed by atoms with Gasteiger partial charge in [0.1, 0.15) is 0 Å². The molecule has 1 aromatic heterocycles. The van der Waals surface area contributed by atoms with E-state index < -0.39 is 0 Å². The van der Waals surface area contributed by atoms with Gasteiger partial charge in [-0.25, -0.2) is 4.98 Å². The van der Waals surface area contributed by atoms with E-state index in [2.05, 4.69) is 10.3 Å². The fraction of sp³-hybridized carbons (Fsp3) is 0.667. The molecule has 5 nitrogen and oxygen atoms in total. The highest BCUT2D eigenvalue weighted by Gasteiger charge is 2.17. The van der Waals surface area contributed by atoms with Crippen molar-refractivity contribution in [1.29, 1.82) is 0 Å². The minimum atomic E-state index is -0.0363. The molecule has 0 saturated carbocycles. The standard InChI is InChI=1S/C12H20N4O/c1-15-8-7-14-11(12(15)17)16(2)9-10-5-3-4-6-13-10/h7-8,10,13H,3-6,9H2,1-2H3. The second kappa shape index (κ2) is 5.31. The van der Waals surface area contributed by atoms with Crippen molar-refractivity contribution in [3.8, 4) is 0 Å². The molecule has 1 aliphatic rings. The average molecular weight is 236 g/mol. The van der Waals surface area contributed by atoms with Crippen LogP contribution in [-0.2, 0) is 7.05 Å². The van der Waals surface area contributed by atoms with Gasteiger partial charge in [-0.2, -0.15) is 0 Å². The van der Waals surface area contributed by atoms with Gasteiger partial charge >= 0.3 is 0 Å². The first-order chi connectivity index (χ1) is 8.18. The van der Waals surface area contributed by atoms with E-state index in [1.54, 1.807) is 24.0 Å². The quantitative estimate of drug-likeness (QED) is 0.823. The number of nitrogens with zero attached hydrogens (tertiary/aromatic N) is 3. The number of hydrogen-bond acceptors (Lipinski definition) is 4. The number of aryl methyl sites for hydroxylation is 1. The van der Waals surface area contributed by atoms with Crippen LogP contribution in [0.5, 0.6) is 0 Å². The lowest BCUT2D eigenvalue weighted by Crippen LogP contribution is -2.44. The number of likely N-dealkylation sites (N-methyl/N-ethyl adjacent to an activating group) is 1. The number of aromatic nitrogens is 2. The summed E-state index contributed by atoms with van der Waals surface area (Å²) in [5, 5.41) is 3.48. The summed E-state index contributed by atoms with van der Waals surface area (Å²) in [5.74, 6) is 0.530. The lowest BCUT2D eigenvalue weighted by atomic mass is 10.0. The van der Waals surface area contributed by atoms with Crippen LogP contribution >= 0.6 is 0 Å². The highest BCUT2D eigenvalue weighted by molar-refractivity contribution is 5.34. The first-order valence-corrected chi connectivity index (χ1v) is 6.14. The second-order valence-corrected chi connectivity index (χ2v) is 4.69. The van der Waals surface area contributed by atoms with Crippen LogP contribution in [0.1, 0.15) is 19.3 Å². The molecule has 0 amide bonds. The smallest absolute Gasteiger partial charge is 0.293 e. The second-order valence-electron chi connectivity index (χ2n) is 4.69. The third-order valence-electron chi connectivity index (χ3n) is 3.27. The summed E-state index contributed by atoms with van der Waals surface area (Å²) in [7, 11) is 3.68. The van der Waals surface area contributed by atoms with Crippen molar-refractivity contribution in [3.05, 3.63) is 22.7 Å². The van der Waals surface area contributed by atoms with Gasteiger partial charge in [0.05, 0.1) is 0 Å². The van der Waals surface area contributed by atoms with Crippen LogP contribution in [0.15, 0.2) is 17.2 Å². The molecule has 1 unspecified atom stereocenters. The van der Waals surface area contributed by atoms with E-state index >= 15 is 0 Å². The van der Waals surface area contributed by atoms with Crippen molar-refractivity contribution in [2.24, 2.45) is 7.05 Å². The van der Waals surface area contributed by atoms with Crippen LogP contribution in [-0.4, -0.2) is 35.7 Å². The molecule has 1 atom stereocenters. The summed E-state index contributed by atoms with van der Waals surface area (Å²) >= 11 is 0. The zero-order chi connectivity index (χ0) is 12.3. The Morgan fingerprint density at radius 3 is 3.12 bits per heavy atom. The highest BCUT2D eigenvalue weighted by atomic mass is 16.1. The SMILES string of the molecule is CN(CC1CCCCN1)c1nccn(C)c1=O. The summed E-state index contributed by atoms with van der Waals surface area (Å²) in [5.41, 5.74) is -0.0363. The van der Waals surface area contributed by atoms with Crippen molar-refractivity contribution in [1.82, 2.24) is 14.9 Å². The molecule has 1 fully saturated rings. The number of anilines is 1. The maximum atomic E-state index is 11.9. The van der Waals surface area contributed by atoms with E-state index in [0.717, 1.165) is 13.1 Å². The van der Waals surface area contributed by atoms with Gasteiger partial charge in [-0.15, -0.1) is 0 Å². The van der Waals surface area contributed by atoms with Gasteiger partial charge in [-0.3, -0.25) is 4.79 Å². The minimum absolute atomic E-state index is 0.0363. The van der Waals surface area contributed by atoms with Gasteiger partial charge in [0, 0.05) is 39.1 Å². The Labute approximate surface area is 101 Å². The first-order valence-electron chi connectivity index (χ1n) is 6.14. The van der Waals surface area contributed by atoms with Gasteiger partial charge in [0.15, 0.2) is 5.82 Å². The van der Waals surface area contributed by atoms with E-state index in [0.29, 0.717) is 11.9 Å².